The maximum absolute atomic E-state index is 12.9. The first-order chi connectivity index (χ1) is 15.0. The standard InChI is InChI=1S/C23H26N4O3S/c1-15-5-3-6-17(11-15)22-25-26-23(31)27(22)13-21(28)24-19-9-8-16(2)12-20(19)30-14-18-7-4-10-29-18/h3,5-6,8-9,11-12,18H,4,7,10,13-14H2,1-2H3,(H,24,28)(H,26,31). The van der Waals surface area contributed by atoms with Crippen LogP contribution in [0, 0.1) is 18.6 Å². The molecule has 0 bridgehead atoms. The van der Waals surface area contributed by atoms with Crippen molar-refractivity contribution in [1.29, 1.82) is 0 Å². The Balaban J connectivity index is 1.50. The fraction of sp³-hybridized carbons (Fsp3) is 0.348. The summed E-state index contributed by atoms with van der Waals surface area (Å²) in [5.74, 6) is 1.05. The topological polar surface area (TPSA) is 81.2 Å². The van der Waals surface area contributed by atoms with E-state index in [1.807, 2.05) is 56.3 Å². The van der Waals surface area contributed by atoms with E-state index in [1.54, 1.807) is 4.57 Å². The first kappa shape index (κ1) is 21.3. The molecule has 4 rings (SSSR count). The number of ether oxygens (including phenoxy) is 2. The molecule has 8 heteroatoms. The highest BCUT2D eigenvalue weighted by Gasteiger charge is 2.18. The van der Waals surface area contributed by atoms with Gasteiger partial charge in [0.1, 0.15) is 18.9 Å². The van der Waals surface area contributed by atoms with Crippen LogP contribution in [0.2, 0.25) is 0 Å². The maximum Gasteiger partial charge on any atom is 0.244 e. The van der Waals surface area contributed by atoms with Gasteiger partial charge in [-0.05, 0) is 62.7 Å². The van der Waals surface area contributed by atoms with Gasteiger partial charge >= 0.3 is 0 Å². The second kappa shape index (κ2) is 9.45. The molecule has 31 heavy (non-hydrogen) atoms. The van der Waals surface area contributed by atoms with Crippen molar-refractivity contribution >= 4 is 23.8 Å². The molecule has 2 N–H and O–H groups in total. The average Bonchev–Trinajstić information content (AvgIpc) is 3.38. The van der Waals surface area contributed by atoms with Gasteiger partial charge in [-0.3, -0.25) is 14.5 Å². The normalized spacial score (nSPS) is 15.7. The molecule has 3 aromatic rings. The lowest BCUT2D eigenvalue weighted by Gasteiger charge is -2.16. The number of aromatic nitrogens is 3. The monoisotopic (exact) mass is 438 g/mol. The van der Waals surface area contributed by atoms with E-state index in [-0.39, 0.29) is 18.6 Å². The predicted octanol–water partition coefficient (Wildman–Crippen LogP) is 4.42. The first-order valence-corrected chi connectivity index (χ1v) is 10.8. The fourth-order valence-electron chi connectivity index (χ4n) is 3.61. The van der Waals surface area contributed by atoms with E-state index < -0.39 is 0 Å². The number of aryl methyl sites for hydroxylation is 2. The summed E-state index contributed by atoms with van der Waals surface area (Å²) in [4.78, 5) is 12.9. The van der Waals surface area contributed by atoms with Gasteiger partial charge in [0.2, 0.25) is 5.91 Å². The predicted molar refractivity (Wildman–Crippen MR) is 122 cm³/mol. The Bertz CT molecular complexity index is 1130. The van der Waals surface area contributed by atoms with Crippen LogP contribution in [0.25, 0.3) is 11.4 Å². The summed E-state index contributed by atoms with van der Waals surface area (Å²) >= 11 is 5.36. The average molecular weight is 439 g/mol. The third-order valence-electron chi connectivity index (χ3n) is 5.20. The van der Waals surface area contributed by atoms with Crippen LogP contribution in [-0.4, -0.2) is 40.0 Å². The summed E-state index contributed by atoms with van der Waals surface area (Å²) in [6.45, 7) is 5.29. The Labute approximate surface area is 186 Å². The zero-order chi connectivity index (χ0) is 21.8. The first-order valence-electron chi connectivity index (χ1n) is 10.4. The van der Waals surface area contributed by atoms with Gasteiger partial charge in [-0.15, -0.1) is 0 Å². The molecule has 0 spiro atoms. The van der Waals surface area contributed by atoms with Crippen LogP contribution in [0.15, 0.2) is 42.5 Å². The number of nitrogens with zero attached hydrogens (tertiary/aromatic N) is 2. The van der Waals surface area contributed by atoms with Crippen LogP contribution >= 0.6 is 12.2 Å². The van der Waals surface area contributed by atoms with Crippen molar-refractivity contribution < 1.29 is 14.3 Å². The Hall–Kier alpha value is -2.97. The Morgan fingerprint density at radius 3 is 2.90 bits per heavy atom. The largest absolute Gasteiger partial charge is 0.489 e. The van der Waals surface area contributed by atoms with Gasteiger partial charge in [0, 0.05) is 12.2 Å². The summed E-state index contributed by atoms with van der Waals surface area (Å²) in [7, 11) is 0. The number of hydrogen-bond acceptors (Lipinski definition) is 5. The maximum atomic E-state index is 12.9. The molecule has 0 radical (unpaired) electrons. The van der Waals surface area contributed by atoms with Gasteiger partial charge in [-0.1, -0.05) is 29.8 Å². The fourth-order valence-corrected chi connectivity index (χ4v) is 3.81. The van der Waals surface area contributed by atoms with Crippen molar-refractivity contribution in [2.45, 2.75) is 39.3 Å². The molecule has 1 aliphatic rings. The summed E-state index contributed by atoms with van der Waals surface area (Å²) < 4.78 is 13.7. The highest BCUT2D eigenvalue weighted by Crippen LogP contribution is 2.27. The highest BCUT2D eigenvalue weighted by molar-refractivity contribution is 7.71. The zero-order valence-corrected chi connectivity index (χ0v) is 18.5. The smallest absolute Gasteiger partial charge is 0.244 e. The Morgan fingerprint density at radius 2 is 2.13 bits per heavy atom. The van der Waals surface area contributed by atoms with Gasteiger partial charge in [-0.25, -0.2) is 0 Å². The lowest BCUT2D eigenvalue weighted by Crippen LogP contribution is -2.21. The number of aromatic amines is 1. The van der Waals surface area contributed by atoms with Crippen molar-refractivity contribution in [2.24, 2.45) is 0 Å². The van der Waals surface area contributed by atoms with E-state index in [1.165, 1.54) is 0 Å². The summed E-state index contributed by atoms with van der Waals surface area (Å²) in [5.41, 5.74) is 3.69. The zero-order valence-electron chi connectivity index (χ0n) is 17.7. The van der Waals surface area contributed by atoms with E-state index in [0.29, 0.717) is 28.6 Å². The number of nitrogens with one attached hydrogen (secondary N) is 2. The van der Waals surface area contributed by atoms with E-state index >= 15 is 0 Å². The number of hydrogen-bond donors (Lipinski definition) is 2. The number of H-pyrrole nitrogens is 1. The number of carbonyl (C=O) groups excluding carboxylic acids is 1. The van der Waals surface area contributed by atoms with Crippen molar-refractivity contribution in [3.05, 3.63) is 58.4 Å². The van der Waals surface area contributed by atoms with Crippen LogP contribution in [0.3, 0.4) is 0 Å². The summed E-state index contributed by atoms with van der Waals surface area (Å²) in [5, 5.41) is 10.1. The third-order valence-corrected chi connectivity index (χ3v) is 5.51. The van der Waals surface area contributed by atoms with Crippen molar-refractivity contribution in [3.8, 4) is 17.1 Å². The lowest BCUT2D eigenvalue weighted by atomic mass is 10.1. The van der Waals surface area contributed by atoms with Crippen molar-refractivity contribution in [3.63, 3.8) is 0 Å². The lowest BCUT2D eigenvalue weighted by molar-refractivity contribution is -0.116. The van der Waals surface area contributed by atoms with Gasteiger partial charge in [0.15, 0.2) is 10.6 Å². The minimum absolute atomic E-state index is 0.0393. The van der Waals surface area contributed by atoms with E-state index in [0.717, 1.165) is 36.1 Å². The molecule has 1 aromatic heterocycles. The van der Waals surface area contributed by atoms with Gasteiger partial charge < -0.3 is 14.8 Å². The van der Waals surface area contributed by atoms with Crippen LogP contribution in [0.1, 0.15) is 24.0 Å². The van der Waals surface area contributed by atoms with Crippen LogP contribution < -0.4 is 10.1 Å². The van der Waals surface area contributed by atoms with E-state index in [9.17, 15) is 4.79 Å². The minimum atomic E-state index is -0.211. The number of carbonyl (C=O) groups is 1. The minimum Gasteiger partial charge on any atom is -0.489 e. The molecule has 1 unspecified atom stereocenters. The highest BCUT2D eigenvalue weighted by atomic mass is 32.1. The molecule has 0 saturated carbocycles. The van der Waals surface area contributed by atoms with Crippen LogP contribution in [0.5, 0.6) is 5.75 Å². The quantitative estimate of drug-likeness (QED) is 0.534. The van der Waals surface area contributed by atoms with Crippen molar-refractivity contribution in [1.82, 2.24) is 14.8 Å². The molecule has 0 aliphatic carbocycles. The van der Waals surface area contributed by atoms with Crippen molar-refractivity contribution in [2.75, 3.05) is 18.5 Å². The Kier molecular flexibility index (Phi) is 6.48. The molecule has 1 amide bonds. The second-order valence-electron chi connectivity index (χ2n) is 7.80. The molecule has 1 saturated heterocycles. The Morgan fingerprint density at radius 1 is 1.29 bits per heavy atom. The summed E-state index contributed by atoms with van der Waals surface area (Å²) in [6, 6.07) is 13.6. The molecule has 1 aliphatic heterocycles. The van der Waals surface area contributed by atoms with Crippen LogP contribution in [-0.2, 0) is 16.1 Å². The number of benzene rings is 2. The van der Waals surface area contributed by atoms with E-state index in [2.05, 4.69) is 15.5 Å². The molecule has 162 valence electrons. The molecular formula is C23H26N4O3S. The number of anilines is 1. The van der Waals surface area contributed by atoms with Crippen LogP contribution in [0.4, 0.5) is 5.69 Å². The molecule has 1 fully saturated rings. The molecule has 1 atom stereocenters. The SMILES string of the molecule is Cc1cccc(-c2n[nH]c(=S)n2CC(=O)Nc2ccc(C)cc2OCC2CCCO2)c1. The number of rotatable bonds is 7. The van der Waals surface area contributed by atoms with Gasteiger partial charge in [0.05, 0.1) is 11.8 Å². The molecular weight excluding hydrogens is 412 g/mol. The molecule has 2 aromatic carbocycles. The number of amides is 1. The second-order valence-corrected chi connectivity index (χ2v) is 8.19. The summed E-state index contributed by atoms with van der Waals surface area (Å²) in [6.07, 6.45) is 2.15. The molecule has 2 heterocycles. The van der Waals surface area contributed by atoms with E-state index in [4.69, 9.17) is 21.7 Å². The van der Waals surface area contributed by atoms with Gasteiger partial charge in [0.25, 0.3) is 0 Å². The molecule has 7 nitrogen and oxygen atoms in total. The van der Waals surface area contributed by atoms with Gasteiger partial charge in [-0.2, -0.15) is 5.10 Å². The third kappa shape index (κ3) is 5.21.